The molecule has 2 aromatic heterocycles. The third kappa shape index (κ3) is 23.1. The number of fused-ring (bicyclic) bond motifs is 1. The molecule has 0 radical (unpaired) electrons. The number of rotatable bonds is 37. The quantitative estimate of drug-likeness (QED) is 0.0135. The third-order valence-corrected chi connectivity index (χ3v) is 12.8. The van der Waals surface area contributed by atoms with Crippen LogP contribution in [0.4, 0.5) is 10.7 Å². The largest absolute Gasteiger partial charge is 0.494 e. The van der Waals surface area contributed by atoms with Gasteiger partial charge in [0.25, 0.3) is 5.91 Å². The number of H-pyrrole nitrogens is 1. The number of nitrogens with zero attached hydrogens (tertiary/aromatic N) is 3. The molecule has 0 saturated heterocycles. The number of carboxylic acids is 1. The highest BCUT2D eigenvalue weighted by atomic mass is 32.2. The van der Waals surface area contributed by atoms with E-state index in [0.717, 1.165) is 11.9 Å². The number of aromatic amines is 1. The fourth-order valence-corrected chi connectivity index (χ4v) is 9.17. The average Bonchev–Trinajstić information content (AvgIpc) is 4.03. The number of carboxylic acid groups (broad SMARTS) is 1. The van der Waals surface area contributed by atoms with Gasteiger partial charge in [-0.15, -0.1) is 4.33 Å². The first-order valence-electron chi connectivity index (χ1n) is 24.2. The number of hydrogen-bond acceptors (Lipinski definition) is 19. The summed E-state index contributed by atoms with van der Waals surface area (Å²) in [5, 5.41) is 40.6. The van der Waals surface area contributed by atoms with Gasteiger partial charge in [-0.25, -0.2) is 23.5 Å². The number of sulfonamides is 1. The Morgan fingerprint density at radius 3 is 2.16 bits per heavy atom. The van der Waals surface area contributed by atoms with Crippen molar-refractivity contribution in [3.05, 3.63) is 65.6 Å². The van der Waals surface area contributed by atoms with Crippen LogP contribution in [-0.4, -0.2) is 164 Å². The Hall–Kier alpha value is -6.11. The Morgan fingerprint density at radius 1 is 0.840 bits per heavy atom. The SMILES string of the molecule is Cc1cc(OCCCC(=O)NCCCOCCOCCOCCCNC(=O)[C@@H](CSOOO)NC(=O)OC(C)(C)C)cc(C)c1S(=O)(=O)NC(CNC(=O)c1ccc2c(cnn2CCCNc2ncc[nH]2)c1)C(=O)O. The van der Waals surface area contributed by atoms with E-state index in [2.05, 4.69) is 55.7 Å². The fraction of sp³-hybridized carbons (Fsp3) is 0.553. The number of aromatic nitrogens is 4. The van der Waals surface area contributed by atoms with Crippen molar-refractivity contribution >= 4 is 68.7 Å². The zero-order valence-electron chi connectivity index (χ0n) is 42.8. The lowest BCUT2D eigenvalue weighted by molar-refractivity contribution is -0.432. The fourth-order valence-electron chi connectivity index (χ4n) is 7.06. The molecule has 0 fully saturated rings. The Morgan fingerprint density at radius 2 is 1.52 bits per heavy atom. The van der Waals surface area contributed by atoms with E-state index in [-0.39, 0.29) is 41.7 Å². The van der Waals surface area contributed by atoms with Crippen LogP contribution in [-0.2, 0) is 59.3 Å². The first kappa shape index (κ1) is 61.4. The molecule has 75 heavy (non-hydrogen) atoms. The van der Waals surface area contributed by atoms with Crippen molar-refractivity contribution in [3.63, 3.8) is 0 Å². The van der Waals surface area contributed by atoms with Gasteiger partial charge in [-0.1, -0.05) is 5.04 Å². The molecule has 9 N–H and O–H groups in total. The average molecular weight is 1100 g/mol. The summed E-state index contributed by atoms with van der Waals surface area (Å²) in [5.74, 6) is -1.72. The molecule has 1 unspecified atom stereocenters. The van der Waals surface area contributed by atoms with E-state index in [1.165, 1.54) is 12.1 Å². The molecule has 4 amide bonds. The highest BCUT2D eigenvalue weighted by Gasteiger charge is 2.29. The van der Waals surface area contributed by atoms with Gasteiger partial charge in [0.15, 0.2) is 5.95 Å². The molecule has 2 aromatic carbocycles. The monoisotopic (exact) mass is 1090 g/mol. The highest BCUT2D eigenvalue weighted by Crippen LogP contribution is 2.26. The Labute approximate surface area is 439 Å². The number of aryl methyl sites for hydroxylation is 3. The number of carbonyl (C=O) groups excluding carboxylic acids is 4. The normalized spacial score (nSPS) is 12.5. The van der Waals surface area contributed by atoms with Crippen LogP contribution in [0.1, 0.15) is 74.4 Å². The van der Waals surface area contributed by atoms with Crippen LogP contribution in [0.2, 0.25) is 0 Å². The molecule has 0 saturated carbocycles. The molecule has 4 rings (SSSR count). The summed E-state index contributed by atoms with van der Waals surface area (Å²) >= 11 is 0.622. The lowest BCUT2D eigenvalue weighted by Gasteiger charge is -2.22. The zero-order valence-corrected chi connectivity index (χ0v) is 44.4. The summed E-state index contributed by atoms with van der Waals surface area (Å²) in [6.45, 7) is 12.0. The van der Waals surface area contributed by atoms with Gasteiger partial charge in [-0.05, 0) is 102 Å². The summed E-state index contributed by atoms with van der Waals surface area (Å²) in [5.41, 5.74) is 0.921. The van der Waals surface area contributed by atoms with Crippen molar-refractivity contribution in [1.82, 2.24) is 45.7 Å². The van der Waals surface area contributed by atoms with Crippen LogP contribution in [0, 0.1) is 13.8 Å². The Kier molecular flexibility index (Phi) is 26.5. The lowest BCUT2D eigenvalue weighted by Crippen LogP contribution is -2.49. The van der Waals surface area contributed by atoms with Crippen LogP contribution in [0.15, 0.2) is 53.8 Å². The Balaban J connectivity index is 1.03. The maximum absolute atomic E-state index is 13.5. The van der Waals surface area contributed by atoms with Crippen LogP contribution in [0.3, 0.4) is 0 Å². The first-order valence-corrected chi connectivity index (χ1v) is 26.6. The number of benzene rings is 2. The molecule has 4 aromatic rings. The number of alkyl carbamates (subject to hydrolysis) is 1. The molecule has 2 heterocycles. The van der Waals surface area contributed by atoms with Crippen molar-refractivity contribution in [2.75, 3.05) is 83.5 Å². The van der Waals surface area contributed by atoms with Crippen LogP contribution in [0.5, 0.6) is 5.75 Å². The van der Waals surface area contributed by atoms with Gasteiger partial charge in [-0.3, -0.25) is 23.9 Å². The summed E-state index contributed by atoms with van der Waals surface area (Å²) in [6.07, 6.45) is 6.68. The highest BCUT2D eigenvalue weighted by molar-refractivity contribution is 7.94. The van der Waals surface area contributed by atoms with Gasteiger partial charge in [0.2, 0.25) is 21.8 Å². The molecule has 0 aliphatic carbocycles. The maximum atomic E-state index is 13.5. The molecule has 0 aliphatic heterocycles. The Bertz CT molecular complexity index is 2500. The molecule has 0 spiro atoms. The molecule has 0 bridgehead atoms. The number of carbonyl (C=O) groups is 5. The van der Waals surface area contributed by atoms with E-state index in [4.69, 9.17) is 28.9 Å². The van der Waals surface area contributed by atoms with E-state index in [9.17, 15) is 37.5 Å². The van der Waals surface area contributed by atoms with Crippen LogP contribution < -0.4 is 36.0 Å². The predicted octanol–water partition coefficient (Wildman–Crippen LogP) is 3.22. The van der Waals surface area contributed by atoms with Gasteiger partial charge in [0, 0.05) is 87.7 Å². The van der Waals surface area contributed by atoms with Gasteiger partial charge in [0.1, 0.15) is 23.4 Å². The summed E-state index contributed by atoms with van der Waals surface area (Å²) in [7, 11) is -4.37. The van der Waals surface area contributed by atoms with E-state index < -0.39 is 58.1 Å². The number of aliphatic carboxylic acids is 1. The summed E-state index contributed by atoms with van der Waals surface area (Å²) in [4.78, 5) is 69.3. The summed E-state index contributed by atoms with van der Waals surface area (Å²) < 4.78 is 63.0. The van der Waals surface area contributed by atoms with Gasteiger partial charge < -0.3 is 60.4 Å². The minimum atomic E-state index is -4.37. The lowest BCUT2D eigenvalue weighted by atomic mass is 10.1. The number of nitrogens with one attached hydrogen (secondary N) is 7. The minimum absolute atomic E-state index is 0.0569. The molecule has 0 aliphatic rings. The second-order valence-electron chi connectivity index (χ2n) is 17.7. The van der Waals surface area contributed by atoms with Crippen molar-refractivity contribution < 1.29 is 75.8 Å². The van der Waals surface area contributed by atoms with Crippen LogP contribution >= 0.6 is 12.0 Å². The van der Waals surface area contributed by atoms with Gasteiger partial charge in [-0.2, -0.15) is 9.82 Å². The predicted molar refractivity (Wildman–Crippen MR) is 274 cm³/mol. The van der Waals surface area contributed by atoms with E-state index in [1.54, 1.807) is 71.4 Å². The number of ether oxygens (including phenoxy) is 5. The topological polar surface area (TPSA) is 343 Å². The van der Waals surface area contributed by atoms with Crippen molar-refractivity contribution in [1.29, 1.82) is 0 Å². The molecular formula is C47H70N10O16S2. The minimum Gasteiger partial charge on any atom is -0.494 e. The second kappa shape index (κ2) is 32.4. The molecule has 2 atom stereocenters. The third-order valence-electron chi connectivity index (χ3n) is 10.4. The number of imidazole rings is 1. The van der Waals surface area contributed by atoms with Crippen molar-refractivity contribution in [2.24, 2.45) is 0 Å². The van der Waals surface area contributed by atoms with E-state index >= 15 is 0 Å². The zero-order chi connectivity index (χ0) is 54.6. The van der Waals surface area contributed by atoms with Crippen LogP contribution in [0.25, 0.3) is 10.9 Å². The summed E-state index contributed by atoms with van der Waals surface area (Å²) in [6, 6.07) is 5.32. The van der Waals surface area contributed by atoms with Gasteiger partial charge in [0.05, 0.1) is 55.4 Å². The number of anilines is 1. The molecule has 26 nitrogen and oxygen atoms in total. The number of amides is 4. The standard InChI is InChI=1S/C47H70N10O16S2/c1-32-26-36(70-21-6-10-40(58)48-14-8-19-67-22-24-69-25-23-68-20-9-15-49-43(60)38(31-74-73-72-64)55-46(63)71-47(3,4)5)27-33(2)41(32)75(65,66)56-37(44(61)62)30-53-42(59)34-11-12-39-35(28-34)29-54-57(39)18-7-13-50-45-51-16-17-52-45/h11-12,16-17,26-29,37-38,56,64H,6-10,13-15,18-25,30-31H2,1-5H3,(H,48,58)(H,49,60)(H,53,59)(H,55,63)(H,61,62)(H2,50,51,52)/t37?,38-/m1/s1. The molecule has 416 valence electrons. The second-order valence-corrected chi connectivity index (χ2v) is 20.1. The molecule has 28 heteroatoms. The van der Waals surface area contributed by atoms with E-state index in [0.29, 0.717) is 119 Å². The van der Waals surface area contributed by atoms with E-state index in [1.807, 2.05) is 4.68 Å². The van der Waals surface area contributed by atoms with Gasteiger partial charge >= 0.3 is 12.1 Å². The number of hydrogen-bond donors (Lipinski definition) is 9. The maximum Gasteiger partial charge on any atom is 0.408 e. The van der Waals surface area contributed by atoms with Crippen molar-refractivity contribution in [2.45, 2.75) is 95.8 Å². The first-order chi connectivity index (χ1) is 35.9. The smallest absolute Gasteiger partial charge is 0.408 e. The van der Waals surface area contributed by atoms with Crippen molar-refractivity contribution in [3.8, 4) is 5.75 Å². The molecular weight excluding hydrogens is 1020 g/mol.